The summed E-state index contributed by atoms with van der Waals surface area (Å²) >= 11 is 0. The van der Waals surface area contributed by atoms with Gasteiger partial charge in [0.15, 0.2) is 12.2 Å². The van der Waals surface area contributed by atoms with Crippen molar-refractivity contribution < 1.29 is 80.2 Å². The SMILES string of the molecule is CCCCCCCCCCCCCCCC(=O)OC[C@H](COP(=O)(O)OC[C@@H](O)COP(=O)(O)OC[C@@H](COC(=O)CCCCCCCCC(C)C)OC(=O)CCCCCCCCCCCC(C)C)OC(=O)CCCCCCCCCCCCC(C)CC. The Morgan fingerprint density at radius 3 is 0.864 bits per heavy atom. The Morgan fingerprint density at radius 2 is 0.580 bits per heavy atom. The van der Waals surface area contributed by atoms with Crippen molar-refractivity contribution in [1.82, 2.24) is 0 Å². The van der Waals surface area contributed by atoms with Crippen molar-refractivity contribution >= 4 is 39.5 Å². The molecule has 0 amide bonds. The van der Waals surface area contributed by atoms with Gasteiger partial charge in [0.2, 0.25) is 0 Å². The number of unbranched alkanes of at least 4 members (excludes halogenated alkanes) is 34. The first-order chi connectivity index (χ1) is 42.3. The van der Waals surface area contributed by atoms with E-state index in [0.717, 1.165) is 108 Å². The molecule has 0 aliphatic carbocycles. The number of phosphoric ester groups is 2. The van der Waals surface area contributed by atoms with Crippen LogP contribution in [0.1, 0.15) is 344 Å². The highest BCUT2D eigenvalue weighted by Crippen LogP contribution is 2.45. The fraction of sp³-hybridized carbons (Fsp3) is 0.942. The van der Waals surface area contributed by atoms with E-state index in [1.807, 2.05) is 0 Å². The Labute approximate surface area is 537 Å². The smallest absolute Gasteiger partial charge is 0.462 e. The number of esters is 4. The summed E-state index contributed by atoms with van der Waals surface area (Å²) in [7, 11) is -9.90. The molecule has 0 aliphatic rings. The third kappa shape index (κ3) is 61.6. The molecule has 0 bridgehead atoms. The molecule has 19 heteroatoms. The van der Waals surface area contributed by atoms with Gasteiger partial charge < -0.3 is 33.8 Å². The van der Waals surface area contributed by atoms with Crippen LogP contribution in [0, 0.1) is 17.8 Å². The molecule has 0 aromatic rings. The summed E-state index contributed by atoms with van der Waals surface area (Å²) in [6.45, 7) is 11.8. The lowest BCUT2D eigenvalue weighted by Crippen LogP contribution is -2.30. The van der Waals surface area contributed by atoms with Crippen molar-refractivity contribution in [2.75, 3.05) is 39.6 Å². The van der Waals surface area contributed by atoms with E-state index >= 15 is 0 Å². The number of aliphatic hydroxyl groups excluding tert-OH is 1. The van der Waals surface area contributed by atoms with Crippen LogP contribution in [0.2, 0.25) is 0 Å². The zero-order chi connectivity index (χ0) is 65.2. The highest BCUT2D eigenvalue weighted by molar-refractivity contribution is 7.47. The van der Waals surface area contributed by atoms with Gasteiger partial charge in [-0.05, 0) is 43.4 Å². The number of carbonyl (C=O) groups is 4. The van der Waals surface area contributed by atoms with Gasteiger partial charge in [-0.3, -0.25) is 37.3 Å². The molecule has 0 heterocycles. The zero-order valence-electron chi connectivity index (χ0n) is 57.2. The lowest BCUT2D eigenvalue weighted by molar-refractivity contribution is -0.161. The molecule has 0 rings (SSSR count). The molecule has 0 saturated carbocycles. The van der Waals surface area contributed by atoms with Crippen molar-refractivity contribution in [3.05, 3.63) is 0 Å². The Bertz CT molecular complexity index is 1730. The number of hydrogen-bond donors (Lipinski definition) is 3. The molecule has 0 radical (unpaired) electrons. The maximum Gasteiger partial charge on any atom is 0.472 e. The van der Waals surface area contributed by atoms with E-state index in [1.165, 1.54) is 148 Å². The van der Waals surface area contributed by atoms with Crippen LogP contribution in [0.4, 0.5) is 0 Å². The number of ether oxygens (including phenoxy) is 4. The van der Waals surface area contributed by atoms with Crippen molar-refractivity contribution in [3.63, 3.8) is 0 Å². The third-order valence-corrected chi connectivity index (χ3v) is 18.1. The summed E-state index contributed by atoms with van der Waals surface area (Å²) < 4.78 is 68.2. The fourth-order valence-corrected chi connectivity index (χ4v) is 11.9. The van der Waals surface area contributed by atoms with E-state index in [2.05, 4.69) is 48.5 Å². The summed E-state index contributed by atoms with van der Waals surface area (Å²) in [5.74, 6) is 0.0896. The van der Waals surface area contributed by atoms with Gasteiger partial charge in [-0.2, -0.15) is 0 Å². The van der Waals surface area contributed by atoms with Crippen molar-refractivity contribution in [1.29, 1.82) is 0 Å². The predicted octanol–water partition coefficient (Wildman–Crippen LogP) is 19.5. The van der Waals surface area contributed by atoms with Gasteiger partial charge in [0.25, 0.3) is 0 Å². The lowest BCUT2D eigenvalue weighted by atomic mass is 9.99. The number of phosphoric acid groups is 2. The molecule has 3 N–H and O–H groups in total. The van der Waals surface area contributed by atoms with E-state index in [4.69, 9.17) is 37.0 Å². The minimum absolute atomic E-state index is 0.104. The van der Waals surface area contributed by atoms with Crippen molar-refractivity contribution in [2.24, 2.45) is 17.8 Å². The van der Waals surface area contributed by atoms with Gasteiger partial charge in [0, 0.05) is 25.7 Å². The Kier molecular flexibility index (Phi) is 58.7. The average Bonchev–Trinajstić information content (AvgIpc) is 3.68. The molecule has 6 atom stereocenters. The van der Waals surface area contributed by atoms with Crippen LogP contribution in [0.5, 0.6) is 0 Å². The molecule has 0 spiro atoms. The highest BCUT2D eigenvalue weighted by atomic mass is 31.2. The van der Waals surface area contributed by atoms with E-state index < -0.39 is 97.5 Å². The summed E-state index contributed by atoms with van der Waals surface area (Å²) in [5, 5.41) is 10.6. The minimum atomic E-state index is -4.95. The third-order valence-electron chi connectivity index (χ3n) is 16.2. The molecule has 0 saturated heterocycles. The first-order valence-corrected chi connectivity index (χ1v) is 38.9. The molecule has 0 fully saturated rings. The van der Waals surface area contributed by atoms with Crippen LogP contribution in [-0.4, -0.2) is 96.7 Å². The van der Waals surface area contributed by atoms with Gasteiger partial charge >= 0.3 is 39.5 Å². The predicted molar refractivity (Wildman–Crippen MR) is 354 cm³/mol. The largest absolute Gasteiger partial charge is 0.472 e. The molecule has 17 nitrogen and oxygen atoms in total. The fourth-order valence-electron chi connectivity index (χ4n) is 10.3. The van der Waals surface area contributed by atoms with Crippen molar-refractivity contribution in [2.45, 2.75) is 362 Å². The summed E-state index contributed by atoms with van der Waals surface area (Å²) in [4.78, 5) is 72.5. The Hall–Kier alpha value is -1.94. The van der Waals surface area contributed by atoms with Crippen LogP contribution in [-0.2, 0) is 65.4 Å². The highest BCUT2D eigenvalue weighted by Gasteiger charge is 2.30. The average molecular weight is 1300 g/mol. The second-order valence-corrected chi connectivity index (χ2v) is 29.0. The number of carbonyl (C=O) groups excluding carboxylic acids is 4. The second kappa shape index (κ2) is 60.0. The Balaban J connectivity index is 5.26. The molecule has 0 aromatic heterocycles. The van der Waals surface area contributed by atoms with E-state index in [0.29, 0.717) is 31.6 Å². The maximum absolute atomic E-state index is 13.0. The van der Waals surface area contributed by atoms with Crippen LogP contribution >= 0.6 is 15.6 Å². The Morgan fingerprint density at radius 1 is 0.330 bits per heavy atom. The molecule has 0 aromatic carbocycles. The number of aliphatic hydroxyl groups is 1. The summed E-state index contributed by atoms with van der Waals surface area (Å²) in [6, 6.07) is 0. The molecular formula is C69H134O17P2. The lowest BCUT2D eigenvalue weighted by Gasteiger charge is -2.21. The molecule has 522 valence electrons. The molecule has 0 aliphatic heterocycles. The molecule has 88 heavy (non-hydrogen) atoms. The zero-order valence-corrected chi connectivity index (χ0v) is 59.0. The van der Waals surface area contributed by atoms with Gasteiger partial charge in [-0.25, -0.2) is 9.13 Å². The topological polar surface area (TPSA) is 237 Å². The van der Waals surface area contributed by atoms with Gasteiger partial charge in [-0.1, -0.05) is 292 Å². The first kappa shape index (κ1) is 86.1. The van der Waals surface area contributed by atoms with E-state index in [1.54, 1.807) is 0 Å². The minimum Gasteiger partial charge on any atom is -0.462 e. The normalized spacial score (nSPS) is 14.5. The second-order valence-electron chi connectivity index (χ2n) is 26.1. The van der Waals surface area contributed by atoms with E-state index in [-0.39, 0.29) is 25.7 Å². The van der Waals surface area contributed by atoms with Crippen LogP contribution < -0.4 is 0 Å². The van der Waals surface area contributed by atoms with Crippen LogP contribution in [0.15, 0.2) is 0 Å². The van der Waals surface area contributed by atoms with Gasteiger partial charge in [-0.15, -0.1) is 0 Å². The first-order valence-electron chi connectivity index (χ1n) is 35.9. The van der Waals surface area contributed by atoms with Gasteiger partial charge in [0.1, 0.15) is 19.3 Å². The van der Waals surface area contributed by atoms with Crippen LogP contribution in [0.3, 0.4) is 0 Å². The quantitative estimate of drug-likeness (QED) is 0.0222. The number of hydrogen-bond acceptors (Lipinski definition) is 15. The van der Waals surface area contributed by atoms with Crippen molar-refractivity contribution in [3.8, 4) is 0 Å². The van der Waals surface area contributed by atoms with Gasteiger partial charge in [0.05, 0.1) is 26.4 Å². The maximum atomic E-state index is 13.0. The van der Waals surface area contributed by atoms with Crippen LogP contribution in [0.25, 0.3) is 0 Å². The number of rotatable bonds is 67. The molecular weight excluding hydrogens is 1160 g/mol. The monoisotopic (exact) mass is 1300 g/mol. The standard InChI is InChI=1S/C69H134O17P2/c1-8-10-11-12-13-14-15-16-17-23-28-36-43-50-66(71)79-56-64(85-68(73)52-45-38-29-24-19-18-22-27-35-42-49-62(7)9-2)58-83-87(75,76)81-54-63(70)55-82-88(77,78)84-59-65(57-80-67(72)51-44-37-32-31-34-41-48-61(5)6)86-69(74)53-46-39-30-25-20-21-26-33-40-47-60(3)4/h60-65,70H,8-59H2,1-7H3,(H,75,76)(H,77,78)/t62?,63-,64-,65-/m1/s1. The molecule has 3 unspecified atom stereocenters. The summed E-state index contributed by atoms with van der Waals surface area (Å²) in [6.07, 6.45) is 43.1. The summed E-state index contributed by atoms with van der Waals surface area (Å²) in [5.41, 5.74) is 0. The van der Waals surface area contributed by atoms with E-state index in [9.17, 15) is 43.2 Å².